The first-order valence-corrected chi connectivity index (χ1v) is 11.5. The lowest BCUT2D eigenvalue weighted by Crippen LogP contribution is -2.32. The van der Waals surface area contributed by atoms with Crippen LogP contribution in [0, 0.1) is 5.92 Å². The highest BCUT2D eigenvalue weighted by atomic mass is 32.2. The van der Waals surface area contributed by atoms with Crippen molar-refractivity contribution in [2.24, 2.45) is 5.92 Å². The molecule has 0 aromatic carbocycles. The van der Waals surface area contributed by atoms with Crippen molar-refractivity contribution in [2.45, 2.75) is 63.6 Å². The molecule has 2 fully saturated rings. The van der Waals surface area contributed by atoms with Gasteiger partial charge in [0.15, 0.2) is 23.2 Å². The Labute approximate surface area is 174 Å². The zero-order valence-corrected chi connectivity index (χ0v) is 17.4. The van der Waals surface area contributed by atoms with Crippen LogP contribution in [0.2, 0.25) is 0 Å². The number of unbranched alkanes of at least 4 members (excludes halogenated alkanes) is 1. The van der Waals surface area contributed by atoms with Crippen molar-refractivity contribution in [1.82, 2.24) is 19.5 Å². The van der Waals surface area contributed by atoms with Crippen molar-refractivity contribution in [3.63, 3.8) is 0 Å². The Hall–Kier alpha value is -1.62. The molecule has 1 saturated carbocycles. The molecule has 2 aromatic rings. The van der Waals surface area contributed by atoms with E-state index < -0.39 is 24.5 Å². The molecule has 4 atom stereocenters. The number of fused-ring (bicyclic) bond motifs is 1. The second-order valence-corrected chi connectivity index (χ2v) is 8.95. The summed E-state index contributed by atoms with van der Waals surface area (Å²) in [6, 6.07) is 0.198. The molecule has 29 heavy (non-hydrogen) atoms. The number of hydrogen-bond acceptors (Lipinski definition) is 9. The zero-order chi connectivity index (χ0) is 20.4. The Kier molecular flexibility index (Phi) is 6.43. The van der Waals surface area contributed by atoms with Gasteiger partial charge in [-0.15, -0.1) is 0 Å². The summed E-state index contributed by atoms with van der Waals surface area (Å²) >= 11 is 1.72. The van der Waals surface area contributed by atoms with Crippen LogP contribution in [0.4, 0.5) is 5.82 Å². The predicted molar refractivity (Wildman–Crippen MR) is 111 cm³/mol. The van der Waals surface area contributed by atoms with E-state index in [1.54, 1.807) is 16.3 Å². The number of aliphatic hydroxyl groups excluding tert-OH is 2. The summed E-state index contributed by atoms with van der Waals surface area (Å²) in [5.74, 6) is 2.39. The Morgan fingerprint density at radius 2 is 2.14 bits per heavy atom. The average Bonchev–Trinajstić information content (AvgIpc) is 3.20. The summed E-state index contributed by atoms with van der Waals surface area (Å²) in [6.45, 7) is 2.71. The average molecular weight is 424 g/mol. The van der Waals surface area contributed by atoms with E-state index in [0.29, 0.717) is 29.4 Å². The highest BCUT2D eigenvalue weighted by Gasteiger charge is 2.44. The minimum absolute atomic E-state index is 0.198. The molecule has 1 aliphatic heterocycles. The number of aliphatic hydroxyl groups is 2. The van der Waals surface area contributed by atoms with Gasteiger partial charge in [-0.2, -0.15) is 21.7 Å². The smallest absolute Gasteiger partial charge is 0.320 e. The SMILES string of the molecule is CCCCSC[C@H]1O[C@@H](n2cnc3c(N)nc(OCC4CCC4)nc32)[C@H](O)[C@@H]1O. The minimum Gasteiger partial charge on any atom is -0.463 e. The Morgan fingerprint density at radius 1 is 1.31 bits per heavy atom. The van der Waals surface area contributed by atoms with E-state index >= 15 is 0 Å². The number of hydrogen-bond donors (Lipinski definition) is 3. The topological polar surface area (TPSA) is 129 Å². The molecule has 160 valence electrons. The predicted octanol–water partition coefficient (Wildman–Crippen LogP) is 1.74. The van der Waals surface area contributed by atoms with Gasteiger partial charge >= 0.3 is 6.01 Å². The van der Waals surface area contributed by atoms with Gasteiger partial charge in [-0.05, 0) is 30.9 Å². The molecule has 9 nitrogen and oxygen atoms in total. The number of thioether (sulfide) groups is 1. The van der Waals surface area contributed by atoms with Crippen LogP contribution < -0.4 is 10.5 Å². The molecule has 0 unspecified atom stereocenters. The maximum Gasteiger partial charge on any atom is 0.320 e. The highest BCUT2D eigenvalue weighted by Crippen LogP contribution is 2.34. The molecule has 1 aliphatic carbocycles. The monoisotopic (exact) mass is 423 g/mol. The van der Waals surface area contributed by atoms with Crippen molar-refractivity contribution in [3.8, 4) is 6.01 Å². The molecule has 0 bridgehead atoms. The zero-order valence-electron chi connectivity index (χ0n) is 16.6. The number of imidazole rings is 1. The van der Waals surface area contributed by atoms with Crippen LogP contribution >= 0.6 is 11.8 Å². The van der Waals surface area contributed by atoms with Crippen LogP contribution in [0.25, 0.3) is 11.2 Å². The van der Waals surface area contributed by atoms with Crippen molar-refractivity contribution >= 4 is 28.7 Å². The van der Waals surface area contributed by atoms with Crippen molar-refractivity contribution in [1.29, 1.82) is 0 Å². The normalized spacial score (nSPS) is 27.4. The quantitative estimate of drug-likeness (QED) is 0.516. The van der Waals surface area contributed by atoms with Gasteiger partial charge in [0.25, 0.3) is 0 Å². The molecule has 3 heterocycles. The molecule has 1 saturated heterocycles. The van der Waals surface area contributed by atoms with Gasteiger partial charge in [0.1, 0.15) is 12.2 Å². The van der Waals surface area contributed by atoms with Crippen LogP contribution in [-0.4, -0.2) is 66.2 Å². The summed E-state index contributed by atoms with van der Waals surface area (Å²) < 4.78 is 13.3. The lowest BCUT2D eigenvalue weighted by atomic mass is 9.86. The largest absolute Gasteiger partial charge is 0.463 e. The van der Waals surface area contributed by atoms with E-state index in [4.69, 9.17) is 15.2 Å². The maximum absolute atomic E-state index is 10.6. The van der Waals surface area contributed by atoms with E-state index in [0.717, 1.165) is 31.4 Å². The molecule has 2 aromatic heterocycles. The molecule has 4 rings (SSSR count). The lowest BCUT2D eigenvalue weighted by molar-refractivity contribution is -0.0289. The summed E-state index contributed by atoms with van der Waals surface area (Å²) in [5, 5.41) is 21.0. The number of nitrogens with zero attached hydrogens (tertiary/aromatic N) is 4. The maximum atomic E-state index is 10.6. The third kappa shape index (κ3) is 4.30. The summed E-state index contributed by atoms with van der Waals surface area (Å²) in [4.78, 5) is 12.9. The van der Waals surface area contributed by atoms with Crippen molar-refractivity contribution < 1.29 is 19.7 Å². The molecular formula is C19H29N5O4S. The highest BCUT2D eigenvalue weighted by molar-refractivity contribution is 7.99. The van der Waals surface area contributed by atoms with Crippen LogP contribution in [0.15, 0.2) is 6.33 Å². The molecule has 2 aliphatic rings. The van der Waals surface area contributed by atoms with E-state index in [1.165, 1.54) is 12.7 Å². The third-order valence-electron chi connectivity index (χ3n) is 5.64. The van der Waals surface area contributed by atoms with Gasteiger partial charge in [0.2, 0.25) is 0 Å². The summed E-state index contributed by atoms with van der Waals surface area (Å²) in [5.41, 5.74) is 6.89. The van der Waals surface area contributed by atoms with Gasteiger partial charge in [-0.25, -0.2) is 4.98 Å². The van der Waals surface area contributed by atoms with Gasteiger partial charge in [-0.1, -0.05) is 19.8 Å². The first kappa shape index (κ1) is 20.6. The van der Waals surface area contributed by atoms with Crippen LogP contribution in [0.5, 0.6) is 6.01 Å². The first-order valence-electron chi connectivity index (χ1n) is 10.3. The standard InChI is InChI=1S/C19H29N5O4S/c1-2-3-7-29-9-12-14(25)15(26)18(28-12)24-10-21-13-16(20)22-19(23-17(13)24)27-8-11-5-4-6-11/h10-12,14-15,18,25-26H,2-9H2,1H3,(H2,20,22,23)/t12-,14-,15-,18-/m1/s1. The molecule has 0 amide bonds. The van der Waals surface area contributed by atoms with Gasteiger partial charge in [0.05, 0.1) is 19.0 Å². The number of anilines is 1. The summed E-state index contributed by atoms with van der Waals surface area (Å²) in [6.07, 6.45) is 4.01. The van der Waals surface area contributed by atoms with Crippen LogP contribution in [0.3, 0.4) is 0 Å². The third-order valence-corrected chi connectivity index (χ3v) is 6.78. The number of rotatable bonds is 9. The molecule has 4 N–H and O–H groups in total. The molecule has 0 radical (unpaired) electrons. The Morgan fingerprint density at radius 3 is 2.86 bits per heavy atom. The van der Waals surface area contributed by atoms with Gasteiger partial charge < -0.3 is 25.4 Å². The molecule has 0 spiro atoms. The van der Waals surface area contributed by atoms with Crippen LogP contribution in [0.1, 0.15) is 45.3 Å². The molecular weight excluding hydrogens is 394 g/mol. The molecule has 10 heteroatoms. The minimum atomic E-state index is -1.08. The second-order valence-electron chi connectivity index (χ2n) is 7.80. The van der Waals surface area contributed by atoms with Crippen LogP contribution in [-0.2, 0) is 4.74 Å². The Balaban J connectivity index is 1.50. The number of aromatic nitrogens is 4. The Bertz CT molecular complexity index is 830. The fraction of sp³-hybridized carbons (Fsp3) is 0.737. The van der Waals surface area contributed by atoms with Crippen molar-refractivity contribution in [3.05, 3.63) is 6.33 Å². The van der Waals surface area contributed by atoms with Gasteiger partial charge in [0, 0.05) is 5.75 Å². The number of nitrogens with two attached hydrogens (primary N) is 1. The fourth-order valence-corrected chi connectivity index (χ4v) is 4.73. The van der Waals surface area contributed by atoms with E-state index in [9.17, 15) is 10.2 Å². The van der Waals surface area contributed by atoms with E-state index in [-0.39, 0.29) is 11.8 Å². The second kappa shape index (κ2) is 9.03. The summed E-state index contributed by atoms with van der Waals surface area (Å²) in [7, 11) is 0. The van der Waals surface area contributed by atoms with Crippen molar-refractivity contribution in [2.75, 3.05) is 23.8 Å². The fourth-order valence-electron chi connectivity index (χ4n) is 3.56. The van der Waals surface area contributed by atoms with E-state index in [2.05, 4.69) is 21.9 Å². The van der Waals surface area contributed by atoms with E-state index in [1.807, 2.05) is 0 Å². The number of ether oxygens (including phenoxy) is 2. The lowest BCUT2D eigenvalue weighted by Gasteiger charge is -2.24. The number of nitrogen functional groups attached to an aromatic ring is 1. The van der Waals surface area contributed by atoms with Gasteiger partial charge in [-0.3, -0.25) is 4.57 Å². The first-order chi connectivity index (χ1) is 14.1.